The van der Waals surface area contributed by atoms with Gasteiger partial charge in [-0.1, -0.05) is 15.9 Å². The first kappa shape index (κ1) is 16.2. The van der Waals surface area contributed by atoms with E-state index in [0.29, 0.717) is 23.5 Å². The van der Waals surface area contributed by atoms with Crippen molar-refractivity contribution in [3.8, 4) is 17.6 Å². The maximum absolute atomic E-state index is 13.0. The van der Waals surface area contributed by atoms with Crippen LogP contribution in [0.25, 0.3) is 0 Å². The number of likely N-dealkylation sites (N-methyl/N-ethyl adjacent to an activating group) is 1. The first-order chi connectivity index (χ1) is 12.0. The van der Waals surface area contributed by atoms with Gasteiger partial charge in [0.05, 0.1) is 18.0 Å². The van der Waals surface area contributed by atoms with Crippen LogP contribution in [-0.2, 0) is 9.59 Å². The zero-order chi connectivity index (χ0) is 17.9. The van der Waals surface area contributed by atoms with Gasteiger partial charge in [0.25, 0.3) is 0 Å². The molecule has 0 radical (unpaired) electrons. The van der Waals surface area contributed by atoms with Gasteiger partial charge in [0, 0.05) is 17.1 Å². The number of fused-ring (bicyclic) bond motifs is 2. The molecule has 130 valence electrons. The SMILES string of the molecule is CC1C(=O)N2C(C[C@H](C#N)[C@@H]2c2c(Br)ccc3c2OCO3)C(=O)N1C. The molecule has 2 fully saturated rings. The van der Waals surface area contributed by atoms with Gasteiger partial charge in [-0.3, -0.25) is 9.59 Å². The van der Waals surface area contributed by atoms with Gasteiger partial charge in [-0.2, -0.15) is 5.26 Å². The van der Waals surface area contributed by atoms with Crippen LogP contribution in [-0.4, -0.2) is 47.5 Å². The van der Waals surface area contributed by atoms with E-state index in [9.17, 15) is 14.9 Å². The molecule has 7 nitrogen and oxygen atoms in total. The Bertz CT molecular complexity index is 821. The second-order valence-electron chi connectivity index (χ2n) is 6.50. The molecule has 3 aliphatic heterocycles. The molecule has 3 aliphatic rings. The molecule has 0 spiro atoms. The third-order valence-electron chi connectivity index (χ3n) is 5.31. The Kier molecular flexibility index (Phi) is 3.65. The van der Waals surface area contributed by atoms with Gasteiger partial charge in [-0.25, -0.2) is 0 Å². The number of carbonyl (C=O) groups excluding carboxylic acids is 2. The van der Waals surface area contributed by atoms with Crippen LogP contribution in [0.15, 0.2) is 16.6 Å². The summed E-state index contributed by atoms with van der Waals surface area (Å²) in [4.78, 5) is 28.7. The summed E-state index contributed by atoms with van der Waals surface area (Å²) in [6.45, 7) is 1.80. The van der Waals surface area contributed by atoms with Crippen molar-refractivity contribution < 1.29 is 19.1 Å². The molecule has 2 saturated heterocycles. The maximum atomic E-state index is 13.0. The van der Waals surface area contributed by atoms with Gasteiger partial charge < -0.3 is 19.3 Å². The summed E-state index contributed by atoms with van der Waals surface area (Å²) in [7, 11) is 1.63. The molecule has 1 aromatic carbocycles. The van der Waals surface area contributed by atoms with E-state index in [2.05, 4.69) is 22.0 Å². The summed E-state index contributed by atoms with van der Waals surface area (Å²) in [6, 6.07) is 4.15. The largest absolute Gasteiger partial charge is 0.454 e. The van der Waals surface area contributed by atoms with Gasteiger partial charge in [0.15, 0.2) is 11.5 Å². The molecular formula is C17H16BrN3O4. The summed E-state index contributed by atoms with van der Waals surface area (Å²) >= 11 is 3.52. The van der Waals surface area contributed by atoms with Crippen molar-refractivity contribution in [3.63, 3.8) is 0 Å². The zero-order valence-corrected chi connectivity index (χ0v) is 15.3. The van der Waals surface area contributed by atoms with Crippen LogP contribution in [0.5, 0.6) is 11.5 Å². The Morgan fingerprint density at radius 1 is 1.28 bits per heavy atom. The van der Waals surface area contributed by atoms with Crippen LogP contribution >= 0.6 is 15.9 Å². The molecule has 0 N–H and O–H groups in total. The van der Waals surface area contributed by atoms with Crippen molar-refractivity contribution in [2.75, 3.05) is 13.8 Å². The molecule has 1 aromatic rings. The molecule has 2 unspecified atom stereocenters. The van der Waals surface area contributed by atoms with Gasteiger partial charge in [-0.15, -0.1) is 0 Å². The third kappa shape index (κ3) is 2.15. The number of ether oxygens (including phenoxy) is 2. The number of carbonyl (C=O) groups is 2. The normalized spacial score (nSPS) is 30.5. The predicted molar refractivity (Wildman–Crippen MR) is 89.6 cm³/mol. The quantitative estimate of drug-likeness (QED) is 0.711. The number of piperazine rings is 1. The van der Waals surface area contributed by atoms with Crippen molar-refractivity contribution in [3.05, 3.63) is 22.2 Å². The lowest BCUT2D eigenvalue weighted by Gasteiger charge is -2.41. The lowest BCUT2D eigenvalue weighted by atomic mass is 9.93. The minimum absolute atomic E-state index is 0.0954. The van der Waals surface area contributed by atoms with E-state index in [1.807, 2.05) is 6.07 Å². The number of hydrogen-bond donors (Lipinski definition) is 0. The average molecular weight is 406 g/mol. The highest BCUT2D eigenvalue weighted by molar-refractivity contribution is 9.10. The number of nitriles is 1. The van der Waals surface area contributed by atoms with E-state index in [1.54, 1.807) is 24.9 Å². The van der Waals surface area contributed by atoms with Gasteiger partial charge in [0.2, 0.25) is 18.6 Å². The standard InChI is InChI=1S/C17H16BrN3O4/c1-8-16(22)21-11(17(23)20(8)2)5-9(6-19)14(21)13-10(18)3-4-12-15(13)25-7-24-12/h3-4,8-9,11,14H,5,7H2,1-2H3/t8?,9-,11?,14-/m1/s1. The maximum Gasteiger partial charge on any atom is 0.246 e. The fraction of sp³-hybridized carbons (Fsp3) is 0.471. The molecular weight excluding hydrogens is 390 g/mol. The Balaban J connectivity index is 1.87. The zero-order valence-electron chi connectivity index (χ0n) is 13.7. The van der Waals surface area contributed by atoms with E-state index in [1.165, 1.54) is 4.90 Å². The Labute approximate surface area is 153 Å². The van der Waals surface area contributed by atoms with Crippen LogP contribution in [0, 0.1) is 17.2 Å². The van der Waals surface area contributed by atoms with Crippen LogP contribution in [0.3, 0.4) is 0 Å². The Hall–Kier alpha value is -2.27. The lowest BCUT2D eigenvalue weighted by Crippen LogP contribution is -2.60. The molecule has 0 saturated carbocycles. The number of halogens is 1. The third-order valence-corrected chi connectivity index (χ3v) is 6.00. The number of rotatable bonds is 1. The summed E-state index contributed by atoms with van der Waals surface area (Å²) in [5, 5.41) is 9.69. The van der Waals surface area contributed by atoms with Crippen LogP contribution in [0.2, 0.25) is 0 Å². The minimum Gasteiger partial charge on any atom is -0.454 e. The molecule has 4 rings (SSSR count). The van der Waals surface area contributed by atoms with Crippen molar-refractivity contribution in [2.45, 2.75) is 31.5 Å². The summed E-state index contributed by atoms with van der Waals surface area (Å²) in [5.74, 6) is 0.337. The van der Waals surface area contributed by atoms with E-state index >= 15 is 0 Å². The van der Waals surface area contributed by atoms with E-state index in [4.69, 9.17) is 9.47 Å². The molecule has 3 heterocycles. The van der Waals surface area contributed by atoms with Gasteiger partial charge in [-0.05, 0) is 25.5 Å². The molecule has 25 heavy (non-hydrogen) atoms. The van der Waals surface area contributed by atoms with Crippen LogP contribution in [0.4, 0.5) is 0 Å². The number of hydrogen-bond acceptors (Lipinski definition) is 5. The van der Waals surface area contributed by atoms with E-state index < -0.39 is 24.0 Å². The fourth-order valence-corrected chi connectivity index (χ4v) is 4.44. The summed E-state index contributed by atoms with van der Waals surface area (Å²) in [5.41, 5.74) is 0.696. The predicted octanol–water partition coefficient (Wildman–Crippen LogP) is 1.82. The number of nitrogens with zero attached hydrogens (tertiary/aromatic N) is 3. The van der Waals surface area contributed by atoms with Crippen molar-refractivity contribution in [2.24, 2.45) is 5.92 Å². The van der Waals surface area contributed by atoms with Crippen molar-refractivity contribution in [1.82, 2.24) is 9.80 Å². The number of benzene rings is 1. The molecule has 0 bridgehead atoms. The minimum atomic E-state index is -0.617. The smallest absolute Gasteiger partial charge is 0.246 e. The second kappa shape index (κ2) is 5.63. The van der Waals surface area contributed by atoms with Crippen LogP contribution < -0.4 is 9.47 Å². The van der Waals surface area contributed by atoms with Gasteiger partial charge in [0.1, 0.15) is 12.1 Å². The van der Waals surface area contributed by atoms with Crippen molar-refractivity contribution in [1.29, 1.82) is 5.26 Å². The molecule has 2 amide bonds. The highest BCUT2D eigenvalue weighted by Crippen LogP contribution is 2.51. The average Bonchev–Trinajstić information content (AvgIpc) is 3.22. The molecule has 0 aliphatic carbocycles. The molecule has 4 atom stereocenters. The molecule has 8 heteroatoms. The topological polar surface area (TPSA) is 82.9 Å². The fourth-order valence-electron chi connectivity index (χ4n) is 3.90. The lowest BCUT2D eigenvalue weighted by molar-refractivity contribution is -0.159. The summed E-state index contributed by atoms with van der Waals surface area (Å²) < 4.78 is 11.8. The highest BCUT2D eigenvalue weighted by Gasteiger charge is 2.55. The first-order valence-corrected chi connectivity index (χ1v) is 8.81. The number of amides is 2. The van der Waals surface area contributed by atoms with E-state index in [0.717, 1.165) is 4.47 Å². The van der Waals surface area contributed by atoms with Gasteiger partial charge >= 0.3 is 0 Å². The summed E-state index contributed by atoms with van der Waals surface area (Å²) in [6.07, 6.45) is 0.319. The Morgan fingerprint density at radius 3 is 2.76 bits per heavy atom. The monoisotopic (exact) mass is 405 g/mol. The van der Waals surface area contributed by atoms with Crippen LogP contribution in [0.1, 0.15) is 24.9 Å². The molecule has 0 aromatic heterocycles. The van der Waals surface area contributed by atoms with E-state index in [-0.39, 0.29) is 18.6 Å². The highest BCUT2D eigenvalue weighted by atomic mass is 79.9. The first-order valence-electron chi connectivity index (χ1n) is 8.02. The Morgan fingerprint density at radius 2 is 2.04 bits per heavy atom. The second-order valence-corrected chi connectivity index (χ2v) is 7.35. The van der Waals surface area contributed by atoms with Crippen molar-refractivity contribution >= 4 is 27.7 Å².